The van der Waals surface area contributed by atoms with Crippen LogP contribution in [-0.4, -0.2) is 42.1 Å². The molecule has 0 aliphatic carbocycles. The Labute approximate surface area is 154 Å². The van der Waals surface area contributed by atoms with Gasteiger partial charge in [-0.15, -0.1) is 5.92 Å². The van der Waals surface area contributed by atoms with Gasteiger partial charge >= 0.3 is 0 Å². The molecule has 2 aromatic rings. The Hall–Kier alpha value is -2.66. The SMILES string of the molecule is CC#Cc1cncc(-n2cc(C3(C)CC4(CS(=O)C4)OC(N)=N3)cn2)c1. The number of nitrogens with two attached hydrogens (primary N) is 1. The molecule has 0 aromatic carbocycles. The van der Waals surface area contributed by atoms with Gasteiger partial charge in [-0.25, -0.2) is 9.67 Å². The lowest BCUT2D eigenvalue weighted by Crippen LogP contribution is -2.60. The number of hydrogen-bond donors (Lipinski definition) is 1. The number of aliphatic imine (C=N–C) groups is 1. The predicted octanol–water partition coefficient (Wildman–Crippen LogP) is 1.09. The molecule has 2 aliphatic rings. The van der Waals surface area contributed by atoms with Crippen molar-refractivity contribution < 1.29 is 8.95 Å². The molecule has 26 heavy (non-hydrogen) atoms. The Morgan fingerprint density at radius 3 is 2.88 bits per heavy atom. The maximum absolute atomic E-state index is 11.6. The zero-order chi connectivity index (χ0) is 18.4. The maximum Gasteiger partial charge on any atom is 0.283 e. The van der Waals surface area contributed by atoms with Crippen LogP contribution in [0.5, 0.6) is 0 Å². The summed E-state index contributed by atoms with van der Waals surface area (Å²) in [7, 11) is -0.840. The number of hydrogen-bond acceptors (Lipinski definition) is 6. The van der Waals surface area contributed by atoms with E-state index in [2.05, 4.69) is 26.9 Å². The van der Waals surface area contributed by atoms with Crippen molar-refractivity contribution in [2.75, 3.05) is 11.5 Å². The summed E-state index contributed by atoms with van der Waals surface area (Å²) in [6.45, 7) is 3.79. The quantitative estimate of drug-likeness (QED) is 0.800. The van der Waals surface area contributed by atoms with Crippen molar-refractivity contribution in [1.82, 2.24) is 14.8 Å². The molecule has 1 unspecified atom stereocenters. The van der Waals surface area contributed by atoms with Gasteiger partial charge in [0.25, 0.3) is 6.02 Å². The van der Waals surface area contributed by atoms with Crippen LogP contribution in [0.1, 0.15) is 31.4 Å². The van der Waals surface area contributed by atoms with E-state index in [1.807, 2.05) is 19.2 Å². The van der Waals surface area contributed by atoms with Crippen molar-refractivity contribution in [2.45, 2.75) is 31.4 Å². The Morgan fingerprint density at radius 2 is 2.15 bits per heavy atom. The predicted molar refractivity (Wildman–Crippen MR) is 99.2 cm³/mol. The summed E-state index contributed by atoms with van der Waals surface area (Å²) < 4.78 is 19.1. The minimum atomic E-state index is -0.840. The van der Waals surface area contributed by atoms with E-state index in [0.29, 0.717) is 17.9 Å². The first-order chi connectivity index (χ1) is 12.4. The third kappa shape index (κ3) is 2.88. The van der Waals surface area contributed by atoms with Crippen LogP contribution in [0, 0.1) is 11.8 Å². The van der Waals surface area contributed by atoms with Crippen LogP contribution in [-0.2, 0) is 21.1 Å². The molecule has 134 valence electrons. The lowest BCUT2D eigenvalue weighted by molar-refractivity contribution is 0.0346. The van der Waals surface area contributed by atoms with Crippen LogP contribution in [0.4, 0.5) is 0 Å². The number of aromatic nitrogens is 3. The molecule has 2 aromatic heterocycles. The van der Waals surface area contributed by atoms with Crippen molar-refractivity contribution in [1.29, 1.82) is 0 Å². The minimum absolute atomic E-state index is 0.144. The van der Waals surface area contributed by atoms with Gasteiger partial charge in [-0.3, -0.25) is 9.19 Å². The summed E-state index contributed by atoms with van der Waals surface area (Å²) in [6, 6.07) is 2.07. The van der Waals surface area contributed by atoms with E-state index < -0.39 is 21.9 Å². The minimum Gasteiger partial charge on any atom is -0.457 e. The van der Waals surface area contributed by atoms with Gasteiger partial charge in [0, 0.05) is 40.7 Å². The highest BCUT2D eigenvalue weighted by Gasteiger charge is 2.53. The van der Waals surface area contributed by atoms with Crippen molar-refractivity contribution >= 4 is 16.8 Å². The highest BCUT2D eigenvalue weighted by molar-refractivity contribution is 7.86. The van der Waals surface area contributed by atoms with Gasteiger partial charge in [0.15, 0.2) is 0 Å². The van der Waals surface area contributed by atoms with Gasteiger partial charge in [0.05, 0.1) is 35.1 Å². The average Bonchev–Trinajstić information content (AvgIpc) is 3.04. The third-order valence-corrected chi connectivity index (χ3v) is 6.35. The van der Waals surface area contributed by atoms with E-state index in [1.54, 1.807) is 30.2 Å². The highest BCUT2D eigenvalue weighted by atomic mass is 32.2. The smallest absolute Gasteiger partial charge is 0.283 e. The van der Waals surface area contributed by atoms with Crippen molar-refractivity contribution in [3.8, 4) is 17.5 Å². The normalized spacial score (nSPS) is 29.9. The van der Waals surface area contributed by atoms with Crippen molar-refractivity contribution in [2.24, 2.45) is 10.7 Å². The van der Waals surface area contributed by atoms with Crippen LogP contribution in [0.25, 0.3) is 5.69 Å². The van der Waals surface area contributed by atoms with Crippen LogP contribution < -0.4 is 5.73 Å². The fraction of sp³-hybridized carbons (Fsp3) is 0.389. The molecule has 4 rings (SSSR count). The summed E-state index contributed by atoms with van der Waals surface area (Å²) in [5, 5.41) is 4.46. The van der Waals surface area contributed by atoms with Gasteiger partial charge in [-0.1, -0.05) is 5.92 Å². The lowest BCUT2D eigenvalue weighted by Gasteiger charge is -2.47. The van der Waals surface area contributed by atoms with E-state index in [-0.39, 0.29) is 6.02 Å². The van der Waals surface area contributed by atoms with Gasteiger partial charge < -0.3 is 10.5 Å². The first-order valence-corrected chi connectivity index (χ1v) is 9.73. The molecule has 1 saturated heterocycles. The number of ether oxygens (including phenoxy) is 1. The fourth-order valence-corrected chi connectivity index (χ4v) is 4.98. The molecule has 0 bridgehead atoms. The molecule has 1 spiro atoms. The average molecular weight is 369 g/mol. The molecule has 0 amide bonds. The maximum atomic E-state index is 11.6. The van der Waals surface area contributed by atoms with E-state index in [1.165, 1.54) is 0 Å². The summed E-state index contributed by atoms with van der Waals surface area (Å²) in [4.78, 5) is 8.74. The zero-order valence-electron chi connectivity index (χ0n) is 14.6. The number of nitrogens with zero attached hydrogens (tertiary/aromatic N) is 4. The molecule has 7 nitrogen and oxygen atoms in total. The zero-order valence-corrected chi connectivity index (χ0v) is 15.4. The summed E-state index contributed by atoms with van der Waals surface area (Å²) in [5.41, 5.74) is 7.45. The van der Waals surface area contributed by atoms with Gasteiger partial charge in [0.1, 0.15) is 5.60 Å². The molecule has 2 aliphatic heterocycles. The molecule has 0 saturated carbocycles. The molecule has 1 atom stereocenters. The van der Waals surface area contributed by atoms with Gasteiger partial charge in [-0.2, -0.15) is 5.10 Å². The molecular weight excluding hydrogens is 350 g/mol. The van der Waals surface area contributed by atoms with E-state index in [4.69, 9.17) is 10.5 Å². The third-order valence-electron chi connectivity index (χ3n) is 4.65. The summed E-state index contributed by atoms with van der Waals surface area (Å²) in [6.07, 6.45) is 7.78. The molecule has 4 heterocycles. The molecule has 1 fully saturated rings. The Balaban J connectivity index is 1.67. The Morgan fingerprint density at radius 1 is 1.35 bits per heavy atom. The van der Waals surface area contributed by atoms with Gasteiger partial charge in [0.2, 0.25) is 0 Å². The molecule has 0 radical (unpaired) electrons. The fourth-order valence-electron chi connectivity index (χ4n) is 3.57. The largest absolute Gasteiger partial charge is 0.457 e. The Bertz CT molecular complexity index is 979. The first-order valence-electron chi connectivity index (χ1n) is 8.24. The van der Waals surface area contributed by atoms with E-state index in [0.717, 1.165) is 16.8 Å². The Kier molecular flexibility index (Phi) is 3.84. The van der Waals surface area contributed by atoms with E-state index in [9.17, 15) is 4.21 Å². The number of pyridine rings is 1. The second-order valence-corrected chi connectivity index (χ2v) is 8.35. The molecular formula is C18H19N5O2S. The standard InChI is InChI=1S/C18H19N5O2S/c1-3-4-13-5-15(8-20-6-13)23-9-14(7-21-23)17(2)10-18(11-26(24)12-18)25-16(19)22-17/h5-9H,10-12H2,1-2H3,(H2,19,22). The first kappa shape index (κ1) is 16.8. The van der Waals surface area contributed by atoms with E-state index >= 15 is 0 Å². The van der Waals surface area contributed by atoms with Crippen LogP contribution in [0.2, 0.25) is 0 Å². The molecule has 8 heteroatoms. The highest BCUT2D eigenvalue weighted by Crippen LogP contribution is 2.43. The monoisotopic (exact) mass is 369 g/mol. The van der Waals surface area contributed by atoms with Crippen LogP contribution in [0.15, 0.2) is 35.8 Å². The number of rotatable bonds is 2. The molecule has 2 N–H and O–H groups in total. The lowest BCUT2D eigenvalue weighted by atomic mass is 9.82. The van der Waals surface area contributed by atoms with Crippen molar-refractivity contribution in [3.05, 3.63) is 42.0 Å². The van der Waals surface area contributed by atoms with Crippen LogP contribution >= 0.6 is 0 Å². The second kappa shape index (κ2) is 5.95. The van der Waals surface area contributed by atoms with Gasteiger partial charge in [-0.05, 0) is 19.9 Å². The topological polar surface area (TPSA) is 95.4 Å². The summed E-state index contributed by atoms with van der Waals surface area (Å²) >= 11 is 0. The second-order valence-electron chi connectivity index (χ2n) is 6.89. The summed E-state index contributed by atoms with van der Waals surface area (Å²) in [5.74, 6) is 6.85. The van der Waals surface area contributed by atoms with Crippen molar-refractivity contribution in [3.63, 3.8) is 0 Å². The number of amidine groups is 1. The van der Waals surface area contributed by atoms with Crippen LogP contribution in [0.3, 0.4) is 0 Å².